The van der Waals surface area contributed by atoms with Crippen LogP contribution < -0.4 is 9.62 Å². The van der Waals surface area contributed by atoms with E-state index >= 15 is 0 Å². The third-order valence-electron chi connectivity index (χ3n) is 4.54. The number of aromatic nitrogens is 2. The molecule has 1 fully saturated rings. The molecule has 0 unspecified atom stereocenters. The van der Waals surface area contributed by atoms with Gasteiger partial charge in [-0.05, 0) is 55.0 Å². The summed E-state index contributed by atoms with van der Waals surface area (Å²) in [6.45, 7) is 0.482. The SMILES string of the molecule is O=C(Nc1ccc(N2CCCS2(=O)=O)cc1)c1c[nH]c(=S)n1-c1ccccc1. The van der Waals surface area contributed by atoms with Crippen LogP contribution >= 0.6 is 12.2 Å². The van der Waals surface area contributed by atoms with Crippen LogP contribution in [0, 0.1) is 4.77 Å². The number of hydrogen-bond acceptors (Lipinski definition) is 4. The summed E-state index contributed by atoms with van der Waals surface area (Å²) >= 11 is 5.30. The Kier molecular flexibility index (Phi) is 4.78. The van der Waals surface area contributed by atoms with E-state index in [2.05, 4.69) is 10.3 Å². The van der Waals surface area contributed by atoms with Crippen LogP contribution in [0.4, 0.5) is 11.4 Å². The van der Waals surface area contributed by atoms with Crippen LogP contribution in [-0.4, -0.2) is 36.2 Å². The topological polar surface area (TPSA) is 87.2 Å². The Labute approximate surface area is 167 Å². The molecule has 9 heteroatoms. The Morgan fingerprint density at radius 1 is 1.04 bits per heavy atom. The highest BCUT2D eigenvalue weighted by atomic mass is 32.2. The van der Waals surface area contributed by atoms with Crippen molar-refractivity contribution in [3.05, 3.63) is 71.3 Å². The molecule has 7 nitrogen and oxygen atoms in total. The summed E-state index contributed by atoms with van der Waals surface area (Å²) in [4.78, 5) is 15.7. The Morgan fingerprint density at radius 2 is 1.75 bits per heavy atom. The van der Waals surface area contributed by atoms with Crippen LogP contribution in [0.15, 0.2) is 60.8 Å². The fourth-order valence-corrected chi connectivity index (χ4v) is 5.03. The van der Waals surface area contributed by atoms with Crippen molar-refractivity contribution in [1.82, 2.24) is 9.55 Å². The molecule has 1 amide bonds. The minimum absolute atomic E-state index is 0.169. The smallest absolute Gasteiger partial charge is 0.274 e. The van der Waals surface area contributed by atoms with Crippen LogP contribution in [0.25, 0.3) is 5.69 Å². The molecular formula is C19H18N4O3S2. The Hall–Kier alpha value is -2.91. The highest BCUT2D eigenvalue weighted by Crippen LogP contribution is 2.25. The summed E-state index contributed by atoms with van der Waals surface area (Å²) in [6.07, 6.45) is 2.19. The standard InChI is InChI=1S/C19H18N4O3S2/c24-18(17-13-20-19(27)23(17)16-5-2-1-3-6-16)21-14-7-9-15(10-8-14)22-11-4-12-28(22,25)26/h1-3,5-10,13H,4,11-12H2,(H,20,27)(H,21,24). The van der Waals surface area contributed by atoms with E-state index in [1.165, 1.54) is 4.31 Å². The molecule has 144 valence electrons. The Balaban J connectivity index is 1.56. The van der Waals surface area contributed by atoms with Gasteiger partial charge in [0, 0.05) is 24.1 Å². The first-order valence-electron chi connectivity index (χ1n) is 8.73. The molecule has 1 saturated heterocycles. The van der Waals surface area contributed by atoms with Crippen LogP contribution in [0.3, 0.4) is 0 Å². The molecule has 1 aliphatic heterocycles. The van der Waals surface area contributed by atoms with Crippen molar-refractivity contribution in [2.24, 2.45) is 0 Å². The van der Waals surface area contributed by atoms with E-state index in [9.17, 15) is 13.2 Å². The van der Waals surface area contributed by atoms with Gasteiger partial charge in [0.05, 0.1) is 11.4 Å². The number of benzene rings is 2. The molecule has 0 aliphatic carbocycles. The number of nitrogens with zero attached hydrogens (tertiary/aromatic N) is 2. The molecule has 0 atom stereocenters. The molecule has 28 heavy (non-hydrogen) atoms. The van der Waals surface area contributed by atoms with Crippen molar-refractivity contribution in [2.45, 2.75) is 6.42 Å². The number of nitrogens with one attached hydrogen (secondary N) is 2. The highest BCUT2D eigenvalue weighted by molar-refractivity contribution is 7.93. The molecule has 1 aromatic heterocycles. The van der Waals surface area contributed by atoms with Crippen LogP contribution in [0.2, 0.25) is 0 Å². The monoisotopic (exact) mass is 414 g/mol. The summed E-state index contributed by atoms with van der Waals surface area (Å²) < 4.78 is 27.5. The summed E-state index contributed by atoms with van der Waals surface area (Å²) in [7, 11) is -3.23. The third-order valence-corrected chi connectivity index (χ3v) is 6.71. The van der Waals surface area contributed by atoms with Crippen molar-refractivity contribution in [2.75, 3.05) is 21.9 Å². The number of amides is 1. The zero-order valence-electron chi connectivity index (χ0n) is 14.8. The van der Waals surface area contributed by atoms with Gasteiger partial charge >= 0.3 is 0 Å². The van der Waals surface area contributed by atoms with Gasteiger partial charge in [-0.2, -0.15) is 0 Å². The Morgan fingerprint density at radius 3 is 2.39 bits per heavy atom. The zero-order valence-corrected chi connectivity index (χ0v) is 16.5. The second-order valence-electron chi connectivity index (χ2n) is 6.39. The zero-order chi connectivity index (χ0) is 19.7. The second kappa shape index (κ2) is 7.25. The normalized spacial score (nSPS) is 15.5. The quantitative estimate of drug-likeness (QED) is 0.641. The number of imidazole rings is 1. The van der Waals surface area contributed by atoms with Crippen molar-refractivity contribution in [3.8, 4) is 5.69 Å². The fraction of sp³-hybridized carbons (Fsp3) is 0.158. The lowest BCUT2D eigenvalue weighted by Crippen LogP contribution is -2.25. The van der Waals surface area contributed by atoms with Crippen molar-refractivity contribution in [3.63, 3.8) is 0 Å². The van der Waals surface area contributed by atoms with E-state index in [0.717, 1.165) is 5.69 Å². The molecule has 0 bridgehead atoms. The van der Waals surface area contributed by atoms with Crippen LogP contribution in [-0.2, 0) is 10.0 Å². The Bertz CT molecular complexity index is 1170. The number of carbonyl (C=O) groups excluding carboxylic acids is 1. The second-order valence-corrected chi connectivity index (χ2v) is 8.79. The minimum Gasteiger partial charge on any atom is -0.336 e. The summed E-state index contributed by atoms with van der Waals surface area (Å²) in [5.74, 6) is -0.153. The maximum Gasteiger partial charge on any atom is 0.274 e. The predicted molar refractivity (Wildman–Crippen MR) is 111 cm³/mol. The number of H-pyrrole nitrogens is 1. The first-order valence-corrected chi connectivity index (χ1v) is 10.8. The van der Waals surface area contributed by atoms with E-state index in [4.69, 9.17) is 12.2 Å². The van der Waals surface area contributed by atoms with Gasteiger partial charge in [-0.25, -0.2) is 8.42 Å². The molecule has 2 heterocycles. The van der Waals surface area contributed by atoms with Gasteiger partial charge in [-0.15, -0.1) is 0 Å². The number of aromatic amines is 1. The third kappa shape index (κ3) is 3.46. The highest BCUT2D eigenvalue weighted by Gasteiger charge is 2.28. The molecule has 0 spiro atoms. The summed E-state index contributed by atoms with van der Waals surface area (Å²) in [5, 5.41) is 2.83. The molecule has 3 aromatic rings. The number of carbonyl (C=O) groups is 1. The van der Waals surface area contributed by atoms with Gasteiger partial charge in [-0.3, -0.25) is 13.7 Å². The van der Waals surface area contributed by atoms with Crippen LogP contribution in [0.1, 0.15) is 16.9 Å². The van der Waals surface area contributed by atoms with Gasteiger partial charge < -0.3 is 10.3 Å². The number of anilines is 2. The summed E-state index contributed by atoms with van der Waals surface area (Å²) in [6, 6.07) is 16.1. The molecule has 1 aliphatic rings. The minimum atomic E-state index is -3.23. The molecule has 0 saturated carbocycles. The predicted octanol–water partition coefficient (Wildman–Crippen LogP) is 3.33. The molecule has 2 aromatic carbocycles. The maximum atomic E-state index is 12.8. The summed E-state index contributed by atoms with van der Waals surface area (Å²) in [5.41, 5.74) is 2.33. The lowest BCUT2D eigenvalue weighted by molar-refractivity contribution is 0.102. The van der Waals surface area contributed by atoms with E-state index in [1.54, 1.807) is 35.0 Å². The number of hydrogen-bond donors (Lipinski definition) is 2. The number of rotatable bonds is 4. The van der Waals surface area contributed by atoms with Gasteiger partial charge in [0.15, 0.2) is 4.77 Å². The molecule has 4 rings (SSSR count). The van der Waals surface area contributed by atoms with E-state index in [-0.39, 0.29) is 11.7 Å². The number of sulfonamides is 1. The van der Waals surface area contributed by atoms with Gasteiger partial charge in [-0.1, -0.05) is 18.2 Å². The van der Waals surface area contributed by atoms with E-state index < -0.39 is 10.0 Å². The fourth-order valence-electron chi connectivity index (χ4n) is 3.20. The van der Waals surface area contributed by atoms with E-state index in [1.807, 2.05) is 30.3 Å². The lowest BCUT2D eigenvalue weighted by Gasteiger charge is -2.17. The van der Waals surface area contributed by atoms with Crippen molar-refractivity contribution >= 4 is 39.5 Å². The van der Waals surface area contributed by atoms with Crippen LogP contribution in [0.5, 0.6) is 0 Å². The first-order chi connectivity index (χ1) is 13.5. The van der Waals surface area contributed by atoms with Gasteiger partial charge in [0.25, 0.3) is 5.91 Å². The molecular weight excluding hydrogens is 396 g/mol. The van der Waals surface area contributed by atoms with Crippen molar-refractivity contribution < 1.29 is 13.2 Å². The maximum absolute atomic E-state index is 12.8. The average Bonchev–Trinajstić information content (AvgIpc) is 3.25. The number of para-hydroxylation sites is 1. The largest absolute Gasteiger partial charge is 0.336 e. The first kappa shape index (κ1) is 18.5. The van der Waals surface area contributed by atoms with E-state index in [0.29, 0.717) is 34.8 Å². The lowest BCUT2D eigenvalue weighted by atomic mass is 10.2. The van der Waals surface area contributed by atoms with Crippen molar-refractivity contribution in [1.29, 1.82) is 0 Å². The molecule has 2 N–H and O–H groups in total. The van der Waals surface area contributed by atoms with Gasteiger partial charge in [0.2, 0.25) is 10.0 Å². The average molecular weight is 415 g/mol. The molecule has 0 radical (unpaired) electrons. The van der Waals surface area contributed by atoms with Gasteiger partial charge in [0.1, 0.15) is 5.69 Å².